The fourth-order valence-corrected chi connectivity index (χ4v) is 1.17. The van der Waals surface area contributed by atoms with Crippen LogP contribution in [0.5, 0.6) is 0 Å². The van der Waals surface area contributed by atoms with E-state index in [-0.39, 0.29) is 5.91 Å². The van der Waals surface area contributed by atoms with E-state index in [0.29, 0.717) is 19.0 Å². The summed E-state index contributed by atoms with van der Waals surface area (Å²) in [6.07, 6.45) is 1.71. The molecule has 0 saturated heterocycles. The van der Waals surface area contributed by atoms with Gasteiger partial charge in [-0.2, -0.15) is 0 Å². The highest BCUT2D eigenvalue weighted by Gasteiger charge is 2.23. The summed E-state index contributed by atoms with van der Waals surface area (Å²) in [7, 11) is 1.81. The minimum absolute atomic E-state index is 0.186. The number of nitrogens with one attached hydrogen (secondary N) is 2. The molecule has 0 aliphatic rings. The summed E-state index contributed by atoms with van der Waals surface area (Å²) in [5.41, 5.74) is 0.785. The molecule has 0 spiro atoms. The number of amides is 1. The molecule has 1 heterocycles. The Hall–Kier alpha value is -1.69. The number of carbonyl (C=O) groups excluding carboxylic acids is 1. The standard InChI is InChI=1S/C9H14N4O2/c1-4-5-13-8(6-10-3)9(15-12-13)11-7(2)14/h4,10H,1,5-6H2,2-3H3/p+1. The maximum Gasteiger partial charge on any atom is 0.306 e. The fraction of sp³-hybridized carbons (Fsp3) is 0.444. The van der Waals surface area contributed by atoms with Crippen molar-refractivity contribution in [3.05, 3.63) is 18.3 Å². The van der Waals surface area contributed by atoms with Gasteiger partial charge in [-0.15, -0.1) is 0 Å². The lowest BCUT2D eigenvalue weighted by Gasteiger charge is -1.95. The van der Waals surface area contributed by atoms with E-state index in [2.05, 4.69) is 22.5 Å². The van der Waals surface area contributed by atoms with Crippen LogP contribution in [0, 0.1) is 0 Å². The van der Waals surface area contributed by atoms with E-state index in [4.69, 9.17) is 4.52 Å². The number of anilines is 1. The molecule has 0 fully saturated rings. The zero-order chi connectivity index (χ0) is 11.3. The molecule has 1 rings (SSSR count). The summed E-state index contributed by atoms with van der Waals surface area (Å²) in [5, 5.41) is 9.34. The normalized spacial score (nSPS) is 10.0. The van der Waals surface area contributed by atoms with Crippen LogP contribution >= 0.6 is 0 Å². The molecule has 0 aliphatic heterocycles. The Morgan fingerprint density at radius 3 is 3.00 bits per heavy atom. The van der Waals surface area contributed by atoms with Crippen molar-refractivity contribution in [3.8, 4) is 0 Å². The number of hydrogen-bond donors (Lipinski definition) is 2. The molecule has 15 heavy (non-hydrogen) atoms. The van der Waals surface area contributed by atoms with Crippen molar-refractivity contribution in [2.45, 2.75) is 20.0 Å². The van der Waals surface area contributed by atoms with Gasteiger partial charge in [-0.25, -0.2) is 0 Å². The van der Waals surface area contributed by atoms with Gasteiger partial charge in [0.25, 0.3) is 5.69 Å². The summed E-state index contributed by atoms with van der Waals surface area (Å²) in [6.45, 7) is 6.14. The average Bonchev–Trinajstić information content (AvgIpc) is 2.51. The first-order chi connectivity index (χ1) is 7.19. The summed E-state index contributed by atoms with van der Waals surface area (Å²) in [5.74, 6) is 0.188. The van der Waals surface area contributed by atoms with Crippen LogP contribution in [0.25, 0.3) is 0 Å². The average molecular weight is 211 g/mol. The predicted octanol–water partition coefficient (Wildman–Crippen LogP) is -0.174. The van der Waals surface area contributed by atoms with Crippen molar-refractivity contribution in [1.29, 1.82) is 0 Å². The number of aromatic nitrogens is 2. The Morgan fingerprint density at radius 1 is 1.73 bits per heavy atom. The molecule has 1 aromatic rings. The lowest BCUT2D eigenvalue weighted by atomic mass is 10.4. The number of allylic oxidation sites excluding steroid dienone is 1. The van der Waals surface area contributed by atoms with Crippen molar-refractivity contribution < 1.29 is 14.0 Å². The molecule has 1 aromatic heterocycles. The van der Waals surface area contributed by atoms with E-state index in [1.54, 1.807) is 10.8 Å². The predicted molar refractivity (Wildman–Crippen MR) is 54.0 cm³/mol. The van der Waals surface area contributed by atoms with Gasteiger partial charge in [0.1, 0.15) is 0 Å². The first kappa shape index (κ1) is 11.4. The zero-order valence-corrected chi connectivity index (χ0v) is 8.91. The Labute approximate surface area is 87.9 Å². The molecule has 0 atom stereocenters. The first-order valence-corrected chi connectivity index (χ1v) is 4.60. The summed E-state index contributed by atoms with van der Waals surface area (Å²) in [4.78, 5) is 10.9. The molecule has 6 nitrogen and oxygen atoms in total. The van der Waals surface area contributed by atoms with Crippen LogP contribution in [-0.2, 0) is 17.9 Å². The number of hydrogen-bond acceptors (Lipinski definition) is 4. The lowest BCUT2D eigenvalue weighted by molar-refractivity contribution is -0.759. The number of carbonyl (C=O) groups is 1. The van der Waals surface area contributed by atoms with Gasteiger partial charge in [0.15, 0.2) is 6.54 Å². The molecular formula is C9H15N4O2+. The second-order valence-electron chi connectivity index (χ2n) is 3.03. The molecule has 0 unspecified atom stereocenters. The maximum atomic E-state index is 10.9. The van der Waals surface area contributed by atoms with Crippen LogP contribution in [0.2, 0.25) is 0 Å². The van der Waals surface area contributed by atoms with Crippen molar-refractivity contribution in [1.82, 2.24) is 10.6 Å². The molecule has 0 aliphatic carbocycles. The van der Waals surface area contributed by atoms with Gasteiger partial charge in [-0.3, -0.25) is 14.6 Å². The topological polar surface area (TPSA) is 71.0 Å². The van der Waals surface area contributed by atoms with E-state index < -0.39 is 0 Å². The van der Waals surface area contributed by atoms with Crippen molar-refractivity contribution in [2.24, 2.45) is 0 Å². The Morgan fingerprint density at radius 2 is 2.47 bits per heavy atom. The number of nitrogens with zero attached hydrogens (tertiary/aromatic N) is 2. The van der Waals surface area contributed by atoms with Crippen LogP contribution in [0.15, 0.2) is 17.2 Å². The smallest absolute Gasteiger partial charge is 0.306 e. The fourth-order valence-electron chi connectivity index (χ4n) is 1.17. The molecule has 82 valence electrons. The molecule has 0 bridgehead atoms. The molecule has 0 saturated carbocycles. The zero-order valence-electron chi connectivity index (χ0n) is 8.91. The monoisotopic (exact) mass is 211 g/mol. The summed E-state index contributed by atoms with van der Waals surface area (Å²) >= 11 is 0. The largest absolute Gasteiger partial charge is 0.310 e. The summed E-state index contributed by atoms with van der Waals surface area (Å²) in [6, 6.07) is 0. The maximum absolute atomic E-state index is 10.9. The summed E-state index contributed by atoms with van der Waals surface area (Å²) < 4.78 is 6.64. The van der Waals surface area contributed by atoms with Gasteiger partial charge in [0, 0.05) is 6.92 Å². The van der Waals surface area contributed by atoms with E-state index in [1.165, 1.54) is 6.92 Å². The first-order valence-electron chi connectivity index (χ1n) is 4.60. The van der Waals surface area contributed by atoms with Gasteiger partial charge >= 0.3 is 5.88 Å². The molecule has 0 aromatic carbocycles. The molecule has 2 N–H and O–H groups in total. The van der Waals surface area contributed by atoms with Crippen LogP contribution in [-0.4, -0.2) is 18.2 Å². The van der Waals surface area contributed by atoms with Crippen LogP contribution in [0.4, 0.5) is 5.88 Å². The highest BCUT2D eigenvalue weighted by Crippen LogP contribution is 2.09. The van der Waals surface area contributed by atoms with E-state index in [1.807, 2.05) is 7.05 Å². The van der Waals surface area contributed by atoms with Gasteiger partial charge in [-0.05, 0) is 17.8 Å². The minimum atomic E-state index is -0.186. The lowest BCUT2D eigenvalue weighted by Crippen LogP contribution is -2.40. The van der Waals surface area contributed by atoms with Gasteiger partial charge in [0.2, 0.25) is 11.2 Å². The van der Waals surface area contributed by atoms with Crippen LogP contribution in [0.3, 0.4) is 0 Å². The third-order valence-electron chi connectivity index (χ3n) is 1.74. The quantitative estimate of drug-likeness (QED) is 0.524. The Kier molecular flexibility index (Phi) is 3.99. The third-order valence-corrected chi connectivity index (χ3v) is 1.74. The highest BCUT2D eigenvalue weighted by atomic mass is 16.5. The van der Waals surface area contributed by atoms with Crippen molar-refractivity contribution >= 4 is 11.8 Å². The second-order valence-corrected chi connectivity index (χ2v) is 3.03. The van der Waals surface area contributed by atoms with Crippen LogP contribution < -0.4 is 15.3 Å². The van der Waals surface area contributed by atoms with Gasteiger partial charge in [0.05, 0.1) is 6.54 Å². The molecule has 1 amide bonds. The minimum Gasteiger partial charge on any atom is -0.310 e. The van der Waals surface area contributed by atoms with E-state index >= 15 is 0 Å². The SMILES string of the molecule is C=CC[n+]1noc(NC(C)=O)c1CNC. The molecule has 6 heteroatoms. The van der Waals surface area contributed by atoms with Gasteiger partial charge in [-0.1, -0.05) is 6.58 Å². The second kappa shape index (κ2) is 5.26. The van der Waals surface area contributed by atoms with E-state index in [0.717, 1.165) is 5.69 Å². The van der Waals surface area contributed by atoms with Crippen molar-refractivity contribution in [2.75, 3.05) is 12.4 Å². The van der Waals surface area contributed by atoms with E-state index in [9.17, 15) is 4.79 Å². The number of rotatable bonds is 5. The highest BCUT2D eigenvalue weighted by molar-refractivity contribution is 5.87. The third kappa shape index (κ3) is 2.88. The molecule has 0 radical (unpaired) electrons. The molecular weight excluding hydrogens is 196 g/mol. The Balaban J connectivity index is 2.94. The Bertz CT molecular complexity index is 359. The van der Waals surface area contributed by atoms with Gasteiger partial charge < -0.3 is 5.32 Å². The van der Waals surface area contributed by atoms with Crippen molar-refractivity contribution in [3.63, 3.8) is 0 Å². The van der Waals surface area contributed by atoms with Crippen LogP contribution in [0.1, 0.15) is 12.6 Å².